The first-order valence-electron chi connectivity index (χ1n) is 9.52. The Hall–Kier alpha value is -3.81. The number of nitro groups is 1. The Morgan fingerprint density at radius 1 is 1.13 bits per heavy atom. The van der Waals surface area contributed by atoms with Gasteiger partial charge in [0.25, 0.3) is 5.69 Å². The maximum Gasteiger partial charge on any atom is 0.269 e. The number of fused-ring (bicyclic) bond motifs is 1. The van der Waals surface area contributed by atoms with Crippen LogP contribution in [0.25, 0.3) is 0 Å². The summed E-state index contributed by atoms with van der Waals surface area (Å²) >= 11 is 0. The zero-order valence-corrected chi connectivity index (χ0v) is 16.9. The van der Waals surface area contributed by atoms with Gasteiger partial charge in [-0.1, -0.05) is 18.2 Å². The summed E-state index contributed by atoms with van der Waals surface area (Å²) in [6.07, 6.45) is -0.542. The Labute approximate surface area is 178 Å². The van der Waals surface area contributed by atoms with Crippen molar-refractivity contribution in [3.63, 3.8) is 0 Å². The topological polar surface area (TPSA) is 145 Å². The molecule has 10 nitrogen and oxygen atoms in total. The molecule has 31 heavy (non-hydrogen) atoms. The monoisotopic (exact) mass is 423 g/mol. The molecular weight excluding hydrogens is 402 g/mol. The number of hydrogen-bond acceptors (Lipinski definition) is 9. The molecule has 0 aliphatic carbocycles. The second kappa shape index (κ2) is 8.14. The highest BCUT2D eigenvalue weighted by atomic mass is 16.6. The lowest BCUT2D eigenvalue weighted by Crippen LogP contribution is -2.41. The van der Waals surface area contributed by atoms with Crippen molar-refractivity contribution in [3.05, 3.63) is 75.2 Å². The van der Waals surface area contributed by atoms with Crippen molar-refractivity contribution in [1.29, 1.82) is 5.26 Å². The van der Waals surface area contributed by atoms with E-state index in [0.717, 1.165) is 5.56 Å². The molecule has 0 radical (unpaired) electrons. The van der Waals surface area contributed by atoms with Gasteiger partial charge >= 0.3 is 0 Å². The van der Waals surface area contributed by atoms with E-state index in [9.17, 15) is 15.4 Å². The summed E-state index contributed by atoms with van der Waals surface area (Å²) in [5.74, 6) is 0.350. The molecule has 0 amide bonds. The first kappa shape index (κ1) is 20.5. The normalized spacial score (nSPS) is 24.7. The Balaban J connectivity index is 1.83. The number of rotatable bonds is 5. The zero-order chi connectivity index (χ0) is 22.1. The van der Waals surface area contributed by atoms with Gasteiger partial charge in [-0.25, -0.2) is 10.9 Å². The third-order valence-electron chi connectivity index (χ3n) is 5.66. The maximum absolute atomic E-state index is 11.3. The fourth-order valence-corrected chi connectivity index (χ4v) is 4.26. The van der Waals surface area contributed by atoms with E-state index in [4.69, 9.17) is 19.9 Å². The van der Waals surface area contributed by atoms with Gasteiger partial charge in [0.05, 0.1) is 30.8 Å². The van der Waals surface area contributed by atoms with E-state index in [1.807, 2.05) is 6.07 Å². The van der Waals surface area contributed by atoms with Gasteiger partial charge in [-0.3, -0.25) is 10.1 Å². The summed E-state index contributed by atoms with van der Waals surface area (Å²) in [7, 11) is 3.08. The van der Waals surface area contributed by atoms with Gasteiger partial charge in [-0.15, -0.1) is 0 Å². The quantitative estimate of drug-likeness (QED) is 0.487. The summed E-state index contributed by atoms with van der Waals surface area (Å²) in [6, 6.07) is 13.6. The van der Waals surface area contributed by atoms with Crippen molar-refractivity contribution in [2.24, 2.45) is 11.7 Å². The van der Waals surface area contributed by atoms with E-state index >= 15 is 0 Å². The smallest absolute Gasteiger partial charge is 0.269 e. The molecule has 1 saturated heterocycles. The molecule has 0 aromatic heterocycles. The fraction of sp³-hybridized carbons (Fsp3) is 0.286. The lowest BCUT2D eigenvalue weighted by molar-refractivity contribution is -0.384. The Bertz CT molecular complexity index is 1100. The van der Waals surface area contributed by atoms with Gasteiger partial charge in [-0.05, 0) is 23.3 Å². The molecule has 4 rings (SSSR count). The first-order chi connectivity index (χ1) is 15.0. The summed E-state index contributed by atoms with van der Waals surface area (Å²) in [5.41, 5.74) is 14.0. The average molecular weight is 423 g/mol. The number of benzene rings is 2. The third kappa shape index (κ3) is 3.50. The minimum absolute atomic E-state index is 0.0160. The molecule has 160 valence electrons. The van der Waals surface area contributed by atoms with Crippen molar-refractivity contribution in [3.8, 4) is 17.6 Å². The number of hydrazine groups is 1. The molecule has 2 aliphatic heterocycles. The average Bonchev–Trinajstić information content (AvgIpc) is 3.20. The van der Waals surface area contributed by atoms with E-state index in [-0.39, 0.29) is 29.1 Å². The van der Waals surface area contributed by atoms with Gasteiger partial charge in [0.15, 0.2) is 17.7 Å². The van der Waals surface area contributed by atoms with E-state index in [1.165, 1.54) is 19.2 Å². The van der Waals surface area contributed by atoms with E-state index in [2.05, 4.69) is 16.9 Å². The van der Waals surface area contributed by atoms with Crippen LogP contribution in [0, 0.1) is 27.4 Å². The van der Waals surface area contributed by atoms with E-state index in [1.54, 1.807) is 31.4 Å². The van der Waals surface area contributed by atoms with Crippen molar-refractivity contribution in [2.45, 2.75) is 18.2 Å². The first-order valence-corrected chi connectivity index (χ1v) is 9.52. The van der Waals surface area contributed by atoms with Crippen LogP contribution in [0.4, 0.5) is 5.69 Å². The molecule has 2 aromatic rings. The van der Waals surface area contributed by atoms with Gasteiger partial charge in [0.2, 0.25) is 5.88 Å². The Kier molecular flexibility index (Phi) is 5.37. The van der Waals surface area contributed by atoms with E-state index in [0.29, 0.717) is 17.1 Å². The number of nitrogens with zero attached hydrogens (tertiary/aromatic N) is 2. The molecule has 2 heterocycles. The summed E-state index contributed by atoms with van der Waals surface area (Å²) in [4.78, 5) is 10.8. The van der Waals surface area contributed by atoms with Gasteiger partial charge in [0.1, 0.15) is 6.07 Å². The largest absolute Gasteiger partial charge is 0.493 e. The fourth-order valence-electron chi connectivity index (χ4n) is 4.26. The molecule has 10 heteroatoms. The van der Waals surface area contributed by atoms with Crippen molar-refractivity contribution in [2.75, 3.05) is 14.2 Å². The highest BCUT2D eigenvalue weighted by molar-refractivity contribution is 5.49. The minimum atomic E-state index is -0.542. The molecular formula is C21H21N5O5. The van der Waals surface area contributed by atoms with Crippen LogP contribution in [-0.4, -0.2) is 25.4 Å². The van der Waals surface area contributed by atoms with Crippen molar-refractivity contribution < 1.29 is 19.1 Å². The second-order valence-corrected chi connectivity index (χ2v) is 7.22. The van der Waals surface area contributed by atoms with Crippen LogP contribution in [0.3, 0.4) is 0 Å². The SMILES string of the molecule is COc1ccc(C2C(C#N)=C(N)OC3NNC(c4cccc([N+](=O)[O-])c4)C32)cc1OC. The highest BCUT2D eigenvalue weighted by Gasteiger charge is 2.49. The summed E-state index contributed by atoms with van der Waals surface area (Å²) in [6.45, 7) is 0. The predicted octanol–water partition coefficient (Wildman–Crippen LogP) is 2.21. The van der Waals surface area contributed by atoms with Crippen molar-refractivity contribution in [1.82, 2.24) is 10.9 Å². The number of non-ortho nitro benzene ring substituents is 1. The maximum atomic E-state index is 11.3. The predicted molar refractivity (Wildman–Crippen MR) is 110 cm³/mol. The van der Waals surface area contributed by atoms with Gasteiger partial charge in [0, 0.05) is 24.0 Å². The Morgan fingerprint density at radius 2 is 1.90 bits per heavy atom. The highest BCUT2D eigenvalue weighted by Crippen LogP contribution is 2.48. The van der Waals surface area contributed by atoms with Crippen LogP contribution in [0.1, 0.15) is 23.1 Å². The molecule has 0 spiro atoms. The number of nitrogens with two attached hydrogens (primary N) is 1. The lowest BCUT2D eigenvalue weighted by atomic mass is 9.74. The summed E-state index contributed by atoms with van der Waals surface area (Å²) in [5, 5.41) is 21.1. The molecule has 4 N–H and O–H groups in total. The molecule has 2 aromatic carbocycles. The van der Waals surface area contributed by atoms with Gasteiger partial charge in [-0.2, -0.15) is 5.26 Å². The molecule has 0 bridgehead atoms. The molecule has 4 unspecified atom stereocenters. The molecule has 4 atom stereocenters. The van der Waals surface area contributed by atoms with Crippen LogP contribution in [0.15, 0.2) is 53.9 Å². The molecule has 2 aliphatic rings. The number of hydrogen-bond donors (Lipinski definition) is 3. The van der Waals surface area contributed by atoms with E-state index < -0.39 is 17.1 Å². The molecule has 0 saturated carbocycles. The number of allylic oxidation sites excluding steroid dienone is 1. The van der Waals surface area contributed by atoms with Crippen molar-refractivity contribution >= 4 is 5.69 Å². The Morgan fingerprint density at radius 3 is 2.58 bits per heavy atom. The van der Waals surface area contributed by atoms with Crippen LogP contribution in [0.5, 0.6) is 11.5 Å². The van der Waals surface area contributed by atoms with Gasteiger partial charge < -0.3 is 19.9 Å². The standard InChI is InChI=1S/C21H21N5O5/c1-29-15-7-6-11(9-16(15)30-2)17-14(10-22)20(23)31-21-18(17)19(24-25-21)12-4-3-5-13(8-12)26(27)28/h3-9,17-19,21,24-25H,23H2,1-2H3. The van der Waals surface area contributed by atoms with Crippen LogP contribution < -0.4 is 26.1 Å². The summed E-state index contributed by atoms with van der Waals surface area (Å²) < 4.78 is 16.5. The van der Waals surface area contributed by atoms with Crippen LogP contribution in [-0.2, 0) is 4.74 Å². The molecule has 1 fully saturated rings. The minimum Gasteiger partial charge on any atom is -0.493 e. The number of ether oxygens (including phenoxy) is 3. The zero-order valence-electron chi connectivity index (χ0n) is 16.9. The number of nitro benzene ring substituents is 1. The van der Waals surface area contributed by atoms with Crippen LogP contribution in [0.2, 0.25) is 0 Å². The number of methoxy groups -OCH3 is 2. The third-order valence-corrected chi connectivity index (χ3v) is 5.66. The second-order valence-electron chi connectivity index (χ2n) is 7.22. The lowest BCUT2D eigenvalue weighted by Gasteiger charge is -2.36. The number of nitriles is 1. The van der Waals surface area contributed by atoms with Crippen LogP contribution >= 0.6 is 0 Å². The number of nitrogens with one attached hydrogen (secondary N) is 2.